The molecule has 0 saturated heterocycles. The Labute approximate surface area is 205 Å². The third-order valence-electron chi connectivity index (χ3n) is 5.40. The monoisotopic (exact) mass is 502 g/mol. The van der Waals surface area contributed by atoms with Crippen LogP contribution in [0, 0.1) is 11.3 Å². The Morgan fingerprint density at radius 3 is 2.50 bits per heavy atom. The second-order valence-corrected chi connectivity index (χ2v) is 7.77. The highest BCUT2D eigenvalue weighted by Gasteiger charge is 2.32. The molecule has 190 valence electrons. The fourth-order valence-corrected chi connectivity index (χ4v) is 3.37. The largest absolute Gasteiger partial charge is 0.496 e. The van der Waals surface area contributed by atoms with Crippen LogP contribution in [-0.4, -0.2) is 37.0 Å². The zero-order chi connectivity index (χ0) is 26.3. The van der Waals surface area contributed by atoms with E-state index < -0.39 is 29.6 Å². The van der Waals surface area contributed by atoms with Crippen LogP contribution in [0.5, 0.6) is 5.75 Å². The smallest absolute Gasteiger partial charge is 0.416 e. The maximum atomic E-state index is 12.9. The second kappa shape index (κ2) is 11.5. The summed E-state index contributed by atoms with van der Waals surface area (Å²) < 4.78 is 43.6. The summed E-state index contributed by atoms with van der Waals surface area (Å²) in [6, 6.07) is 11.2. The summed E-state index contributed by atoms with van der Waals surface area (Å²) >= 11 is 0. The average molecular weight is 502 g/mol. The van der Waals surface area contributed by atoms with E-state index in [1.54, 1.807) is 12.1 Å². The van der Waals surface area contributed by atoms with E-state index in [-0.39, 0.29) is 30.1 Å². The van der Waals surface area contributed by atoms with Crippen LogP contribution in [0.1, 0.15) is 40.0 Å². The number of nitriles is 1. The number of methoxy groups -OCH3 is 1. The van der Waals surface area contributed by atoms with E-state index in [0.717, 1.165) is 30.2 Å². The van der Waals surface area contributed by atoms with Gasteiger partial charge in [0.2, 0.25) is 0 Å². The average Bonchev–Trinajstić information content (AvgIpc) is 3.35. The Morgan fingerprint density at radius 1 is 1.17 bits per heavy atom. The van der Waals surface area contributed by atoms with Crippen molar-refractivity contribution in [2.75, 3.05) is 20.2 Å². The third kappa shape index (κ3) is 6.45. The van der Waals surface area contributed by atoms with Gasteiger partial charge in [-0.3, -0.25) is 20.0 Å². The van der Waals surface area contributed by atoms with Crippen molar-refractivity contribution in [1.82, 2.24) is 26.6 Å². The van der Waals surface area contributed by atoms with Crippen LogP contribution in [0.2, 0.25) is 0 Å². The molecule has 1 aliphatic heterocycles. The van der Waals surface area contributed by atoms with Crippen molar-refractivity contribution >= 4 is 11.8 Å². The minimum atomic E-state index is -4.56. The van der Waals surface area contributed by atoms with E-state index in [1.807, 2.05) is 19.1 Å². The second-order valence-electron chi connectivity index (χ2n) is 7.77. The van der Waals surface area contributed by atoms with Gasteiger partial charge < -0.3 is 15.4 Å². The predicted octanol–water partition coefficient (Wildman–Crippen LogP) is 2.55. The SMILES string of the molecule is CCc1ccc(C(C#N)NC(=O)C2=CN(CCNC(=O)c3ccc(C(F)(F)F)cc3OC)NN2)cc1. The van der Waals surface area contributed by atoms with E-state index in [1.165, 1.54) is 18.3 Å². The summed E-state index contributed by atoms with van der Waals surface area (Å²) in [6.07, 6.45) is -2.23. The number of ether oxygens (including phenoxy) is 1. The Balaban J connectivity index is 1.53. The summed E-state index contributed by atoms with van der Waals surface area (Å²) in [7, 11) is 1.18. The first-order chi connectivity index (χ1) is 17.2. The van der Waals surface area contributed by atoms with E-state index in [2.05, 4.69) is 27.7 Å². The van der Waals surface area contributed by atoms with Crippen LogP contribution >= 0.6 is 0 Å². The number of halogens is 3. The number of hydrogen-bond acceptors (Lipinski definition) is 7. The third-order valence-corrected chi connectivity index (χ3v) is 5.40. The molecule has 0 aliphatic carbocycles. The molecule has 2 amide bonds. The van der Waals surface area contributed by atoms with Gasteiger partial charge in [-0.1, -0.05) is 31.2 Å². The maximum absolute atomic E-state index is 12.9. The minimum Gasteiger partial charge on any atom is -0.496 e. The van der Waals surface area contributed by atoms with Gasteiger partial charge >= 0.3 is 6.18 Å². The molecule has 0 saturated carbocycles. The first kappa shape index (κ1) is 26.4. The molecule has 1 heterocycles. The highest BCUT2D eigenvalue weighted by atomic mass is 19.4. The lowest BCUT2D eigenvalue weighted by Crippen LogP contribution is -2.42. The minimum absolute atomic E-state index is 0.0388. The highest BCUT2D eigenvalue weighted by Crippen LogP contribution is 2.33. The molecule has 3 rings (SSSR count). The summed E-state index contributed by atoms with van der Waals surface area (Å²) in [5, 5.41) is 16.2. The van der Waals surface area contributed by atoms with Crippen molar-refractivity contribution in [2.45, 2.75) is 25.6 Å². The van der Waals surface area contributed by atoms with Gasteiger partial charge in [0.15, 0.2) is 0 Å². The standard InChI is InChI=1S/C24H25F3N6O3/c1-3-15-4-6-16(7-5-15)19(13-28)30-23(35)20-14-33(32-31-20)11-10-29-22(34)18-9-8-17(24(25,26)27)12-21(18)36-2/h4-9,12,14,19,31-32H,3,10-11H2,1-2H3,(H,29,34)(H,30,35). The van der Waals surface area contributed by atoms with Crippen LogP contribution in [-0.2, 0) is 17.4 Å². The normalized spacial score (nSPS) is 13.8. The molecule has 0 radical (unpaired) electrons. The molecule has 9 nitrogen and oxygen atoms in total. The number of aryl methyl sites for hydroxylation is 1. The first-order valence-corrected chi connectivity index (χ1v) is 11.0. The zero-order valence-corrected chi connectivity index (χ0v) is 19.6. The summed E-state index contributed by atoms with van der Waals surface area (Å²) in [4.78, 5) is 25.0. The number of carbonyl (C=O) groups excluding carboxylic acids is 2. The number of rotatable bonds is 9. The maximum Gasteiger partial charge on any atom is 0.416 e. The quantitative estimate of drug-likeness (QED) is 0.416. The molecule has 1 atom stereocenters. The van der Waals surface area contributed by atoms with Gasteiger partial charge in [-0.05, 0) is 35.7 Å². The fraction of sp³-hybridized carbons (Fsp3) is 0.292. The van der Waals surface area contributed by atoms with Crippen molar-refractivity contribution < 1.29 is 27.5 Å². The number of hydrazine groups is 2. The molecule has 4 N–H and O–H groups in total. The lowest BCUT2D eigenvalue weighted by atomic mass is 10.0. The topological polar surface area (TPSA) is 119 Å². The van der Waals surface area contributed by atoms with E-state index >= 15 is 0 Å². The molecular formula is C24H25F3N6O3. The van der Waals surface area contributed by atoms with Crippen molar-refractivity contribution in [1.29, 1.82) is 5.26 Å². The van der Waals surface area contributed by atoms with Crippen LogP contribution in [0.25, 0.3) is 0 Å². The number of alkyl halides is 3. The Morgan fingerprint density at radius 2 is 1.89 bits per heavy atom. The lowest BCUT2D eigenvalue weighted by Gasteiger charge is -2.16. The van der Waals surface area contributed by atoms with Gasteiger partial charge in [0.05, 0.1) is 30.9 Å². The van der Waals surface area contributed by atoms with Gasteiger partial charge in [0.1, 0.15) is 17.5 Å². The number of benzene rings is 2. The van der Waals surface area contributed by atoms with Gasteiger partial charge in [0, 0.05) is 12.7 Å². The number of nitrogens with zero attached hydrogens (tertiary/aromatic N) is 2. The summed E-state index contributed by atoms with van der Waals surface area (Å²) in [5.41, 5.74) is 6.41. The molecule has 0 spiro atoms. The summed E-state index contributed by atoms with van der Waals surface area (Å²) in [5.74, 6) is -1.31. The van der Waals surface area contributed by atoms with E-state index in [9.17, 15) is 28.0 Å². The molecule has 12 heteroatoms. The molecule has 2 aromatic rings. The predicted molar refractivity (Wildman–Crippen MR) is 124 cm³/mol. The van der Waals surface area contributed by atoms with E-state index in [4.69, 9.17) is 4.74 Å². The zero-order valence-electron chi connectivity index (χ0n) is 19.6. The molecule has 36 heavy (non-hydrogen) atoms. The van der Waals surface area contributed by atoms with Crippen LogP contribution < -0.4 is 26.3 Å². The van der Waals surface area contributed by atoms with Crippen molar-refractivity contribution in [2.24, 2.45) is 0 Å². The Kier molecular flexibility index (Phi) is 8.39. The number of nitrogens with one attached hydrogen (secondary N) is 4. The molecule has 1 unspecified atom stereocenters. The molecular weight excluding hydrogens is 477 g/mol. The molecule has 1 aliphatic rings. The van der Waals surface area contributed by atoms with Gasteiger partial charge in [-0.15, -0.1) is 5.53 Å². The van der Waals surface area contributed by atoms with Crippen LogP contribution in [0.4, 0.5) is 13.2 Å². The van der Waals surface area contributed by atoms with Crippen molar-refractivity contribution in [3.05, 3.63) is 76.6 Å². The highest BCUT2D eigenvalue weighted by molar-refractivity contribution is 5.97. The Bertz CT molecular complexity index is 1180. The van der Waals surface area contributed by atoms with E-state index in [0.29, 0.717) is 5.56 Å². The van der Waals surface area contributed by atoms with Crippen molar-refractivity contribution in [3.63, 3.8) is 0 Å². The Hall–Kier alpha value is -4.24. The van der Waals surface area contributed by atoms with Gasteiger partial charge in [-0.2, -0.15) is 18.4 Å². The molecule has 0 aromatic heterocycles. The fourth-order valence-electron chi connectivity index (χ4n) is 3.37. The number of carbonyl (C=O) groups is 2. The first-order valence-electron chi connectivity index (χ1n) is 11.0. The van der Waals surface area contributed by atoms with Gasteiger partial charge in [-0.25, -0.2) is 0 Å². The van der Waals surface area contributed by atoms with Crippen LogP contribution in [0.3, 0.4) is 0 Å². The van der Waals surface area contributed by atoms with Crippen molar-refractivity contribution in [3.8, 4) is 11.8 Å². The molecule has 2 aromatic carbocycles. The molecule has 0 bridgehead atoms. The lowest BCUT2D eigenvalue weighted by molar-refractivity contribution is -0.137. The molecule has 0 fully saturated rings. The van der Waals surface area contributed by atoms with Crippen LogP contribution in [0.15, 0.2) is 54.4 Å². The summed E-state index contributed by atoms with van der Waals surface area (Å²) in [6.45, 7) is 2.35. The number of hydrogen-bond donors (Lipinski definition) is 4. The van der Waals surface area contributed by atoms with Gasteiger partial charge in [0.25, 0.3) is 11.8 Å². The number of amides is 2.